The Morgan fingerprint density at radius 1 is 1.30 bits per heavy atom. The second kappa shape index (κ2) is 10.0. The van der Waals surface area contributed by atoms with E-state index in [1.54, 1.807) is 0 Å². The SMILES string of the molecule is CCN(CC)CCOC(=O)C(CC1=CCc2ccccc21)CC1CCCO1. The van der Waals surface area contributed by atoms with Crippen molar-refractivity contribution < 1.29 is 14.3 Å². The fourth-order valence-corrected chi connectivity index (χ4v) is 4.16. The molecule has 1 heterocycles. The Morgan fingerprint density at radius 3 is 2.85 bits per heavy atom. The standard InChI is InChI=1S/C23H33NO3/c1-3-24(4-2)13-15-27-23(25)20(17-21-9-7-14-26-21)16-19-12-11-18-8-5-6-10-22(18)19/h5-6,8,10,12,20-21H,3-4,7,9,11,13-17H2,1-2H3. The lowest BCUT2D eigenvalue weighted by Crippen LogP contribution is -2.30. The van der Waals surface area contributed by atoms with E-state index in [1.807, 2.05) is 0 Å². The number of fused-ring (bicyclic) bond motifs is 1. The van der Waals surface area contributed by atoms with Crippen LogP contribution in [0.4, 0.5) is 0 Å². The van der Waals surface area contributed by atoms with Crippen LogP contribution in [0.5, 0.6) is 0 Å². The van der Waals surface area contributed by atoms with Crippen LogP contribution in [0, 0.1) is 5.92 Å². The van der Waals surface area contributed by atoms with Gasteiger partial charge in [0.15, 0.2) is 0 Å². The van der Waals surface area contributed by atoms with Gasteiger partial charge in [0, 0.05) is 13.2 Å². The summed E-state index contributed by atoms with van der Waals surface area (Å²) in [4.78, 5) is 15.1. The lowest BCUT2D eigenvalue weighted by Gasteiger charge is -2.22. The number of benzene rings is 1. The summed E-state index contributed by atoms with van der Waals surface area (Å²) < 4.78 is 11.5. The van der Waals surface area contributed by atoms with Gasteiger partial charge in [-0.2, -0.15) is 0 Å². The van der Waals surface area contributed by atoms with Gasteiger partial charge in [-0.3, -0.25) is 4.79 Å². The van der Waals surface area contributed by atoms with Crippen molar-refractivity contribution in [1.29, 1.82) is 0 Å². The smallest absolute Gasteiger partial charge is 0.309 e. The number of allylic oxidation sites excluding steroid dienone is 2. The van der Waals surface area contributed by atoms with Crippen LogP contribution in [0.3, 0.4) is 0 Å². The van der Waals surface area contributed by atoms with Gasteiger partial charge < -0.3 is 14.4 Å². The van der Waals surface area contributed by atoms with Crippen molar-refractivity contribution in [3.63, 3.8) is 0 Å². The van der Waals surface area contributed by atoms with E-state index in [9.17, 15) is 4.79 Å². The van der Waals surface area contributed by atoms with Crippen molar-refractivity contribution in [1.82, 2.24) is 4.90 Å². The third-order valence-electron chi connectivity index (χ3n) is 5.85. The van der Waals surface area contributed by atoms with Crippen LogP contribution in [0.25, 0.3) is 5.57 Å². The van der Waals surface area contributed by atoms with Crippen LogP contribution in [0.1, 0.15) is 50.7 Å². The number of carbonyl (C=O) groups excluding carboxylic acids is 1. The molecule has 1 saturated heterocycles. The first-order valence-corrected chi connectivity index (χ1v) is 10.5. The Bertz CT molecular complexity index is 645. The molecule has 0 saturated carbocycles. The van der Waals surface area contributed by atoms with Gasteiger partial charge in [0.05, 0.1) is 12.0 Å². The summed E-state index contributed by atoms with van der Waals surface area (Å²) in [5.41, 5.74) is 3.94. The van der Waals surface area contributed by atoms with E-state index >= 15 is 0 Å². The van der Waals surface area contributed by atoms with Gasteiger partial charge in [-0.25, -0.2) is 0 Å². The summed E-state index contributed by atoms with van der Waals surface area (Å²) in [6, 6.07) is 8.51. The first kappa shape index (κ1) is 20.1. The predicted octanol–water partition coefficient (Wildman–Crippen LogP) is 4.09. The average molecular weight is 372 g/mol. The molecule has 2 aliphatic rings. The molecule has 0 spiro atoms. The Kier molecular flexibility index (Phi) is 7.48. The normalized spacial score (nSPS) is 19.8. The molecule has 1 aliphatic heterocycles. The second-order valence-corrected chi connectivity index (χ2v) is 7.56. The first-order valence-electron chi connectivity index (χ1n) is 10.5. The molecule has 2 atom stereocenters. The van der Waals surface area contributed by atoms with Gasteiger partial charge in [-0.15, -0.1) is 0 Å². The maximum absolute atomic E-state index is 12.9. The van der Waals surface area contributed by atoms with Gasteiger partial charge in [0.2, 0.25) is 0 Å². The molecule has 0 bridgehead atoms. The number of carbonyl (C=O) groups is 1. The summed E-state index contributed by atoms with van der Waals surface area (Å²) in [5, 5.41) is 0. The fourth-order valence-electron chi connectivity index (χ4n) is 4.16. The van der Waals surface area contributed by atoms with Crippen LogP contribution >= 0.6 is 0 Å². The average Bonchev–Trinajstić information content (AvgIpc) is 3.35. The topological polar surface area (TPSA) is 38.8 Å². The molecule has 2 unspecified atom stereocenters. The van der Waals surface area contributed by atoms with Crippen molar-refractivity contribution in [2.24, 2.45) is 5.92 Å². The molecule has 148 valence electrons. The molecular formula is C23H33NO3. The van der Waals surface area contributed by atoms with Gasteiger partial charge in [0.1, 0.15) is 6.61 Å². The van der Waals surface area contributed by atoms with Crippen LogP contribution in [-0.4, -0.2) is 49.8 Å². The Morgan fingerprint density at radius 2 is 2.11 bits per heavy atom. The molecule has 1 aromatic rings. The molecule has 27 heavy (non-hydrogen) atoms. The van der Waals surface area contributed by atoms with Crippen LogP contribution < -0.4 is 0 Å². The largest absolute Gasteiger partial charge is 0.464 e. The van der Waals surface area contributed by atoms with Gasteiger partial charge in [-0.1, -0.05) is 44.2 Å². The van der Waals surface area contributed by atoms with E-state index in [4.69, 9.17) is 9.47 Å². The maximum atomic E-state index is 12.9. The first-order chi connectivity index (χ1) is 13.2. The summed E-state index contributed by atoms with van der Waals surface area (Å²) in [6.07, 6.45) is 7.11. The molecule has 1 aromatic carbocycles. The summed E-state index contributed by atoms with van der Waals surface area (Å²) in [5.74, 6) is -0.190. The highest BCUT2D eigenvalue weighted by Gasteiger charge is 2.29. The molecule has 0 N–H and O–H groups in total. The molecule has 1 fully saturated rings. The highest BCUT2D eigenvalue weighted by molar-refractivity contribution is 5.79. The quantitative estimate of drug-likeness (QED) is 0.581. The van der Waals surface area contributed by atoms with E-state index in [2.05, 4.69) is 49.1 Å². The minimum atomic E-state index is -0.123. The number of ether oxygens (including phenoxy) is 2. The zero-order valence-electron chi connectivity index (χ0n) is 16.8. The van der Waals surface area contributed by atoms with Crippen LogP contribution in [0.15, 0.2) is 30.3 Å². The van der Waals surface area contributed by atoms with Crippen molar-refractivity contribution in [3.05, 3.63) is 41.5 Å². The zero-order valence-corrected chi connectivity index (χ0v) is 16.8. The lowest BCUT2D eigenvalue weighted by atomic mass is 9.90. The highest BCUT2D eigenvalue weighted by Crippen LogP contribution is 2.34. The van der Waals surface area contributed by atoms with E-state index < -0.39 is 0 Å². The van der Waals surface area contributed by atoms with Gasteiger partial charge >= 0.3 is 5.97 Å². The van der Waals surface area contributed by atoms with Crippen molar-refractivity contribution in [3.8, 4) is 0 Å². The van der Waals surface area contributed by atoms with E-state index in [0.29, 0.717) is 6.61 Å². The lowest BCUT2D eigenvalue weighted by molar-refractivity contribution is -0.150. The van der Waals surface area contributed by atoms with Crippen molar-refractivity contribution >= 4 is 11.5 Å². The van der Waals surface area contributed by atoms with E-state index in [0.717, 1.165) is 58.3 Å². The number of hydrogen-bond acceptors (Lipinski definition) is 4. The molecule has 1 aliphatic carbocycles. The third-order valence-corrected chi connectivity index (χ3v) is 5.85. The monoisotopic (exact) mass is 371 g/mol. The number of likely N-dealkylation sites (N-methyl/N-ethyl adjacent to an activating group) is 1. The van der Waals surface area contributed by atoms with Crippen molar-refractivity contribution in [2.45, 2.75) is 52.1 Å². The van der Waals surface area contributed by atoms with E-state index in [-0.39, 0.29) is 18.0 Å². The molecule has 4 nitrogen and oxygen atoms in total. The number of hydrogen-bond donors (Lipinski definition) is 0. The highest BCUT2D eigenvalue weighted by atomic mass is 16.5. The molecule has 0 amide bonds. The number of rotatable bonds is 10. The molecule has 3 rings (SSSR count). The number of nitrogens with zero attached hydrogens (tertiary/aromatic N) is 1. The second-order valence-electron chi connectivity index (χ2n) is 7.56. The Balaban J connectivity index is 1.61. The van der Waals surface area contributed by atoms with Crippen molar-refractivity contribution in [2.75, 3.05) is 32.8 Å². The number of esters is 1. The van der Waals surface area contributed by atoms with Crippen LogP contribution in [0.2, 0.25) is 0 Å². The van der Waals surface area contributed by atoms with Gasteiger partial charge in [-0.05, 0) is 61.9 Å². The minimum absolute atomic E-state index is 0.0667. The minimum Gasteiger partial charge on any atom is -0.464 e. The third kappa shape index (κ3) is 5.43. The summed E-state index contributed by atoms with van der Waals surface area (Å²) in [7, 11) is 0. The Hall–Kier alpha value is -1.65. The predicted molar refractivity (Wildman–Crippen MR) is 109 cm³/mol. The summed E-state index contributed by atoms with van der Waals surface area (Å²) >= 11 is 0. The molecule has 0 aromatic heterocycles. The maximum Gasteiger partial charge on any atom is 0.309 e. The van der Waals surface area contributed by atoms with Gasteiger partial charge in [0.25, 0.3) is 0 Å². The van der Waals surface area contributed by atoms with E-state index in [1.165, 1.54) is 16.7 Å². The Labute approximate surface area is 163 Å². The molecule has 4 heteroatoms. The van der Waals surface area contributed by atoms with Crippen LogP contribution in [-0.2, 0) is 20.7 Å². The fraction of sp³-hybridized carbons (Fsp3) is 0.609. The summed E-state index contributed by atoms with van der Waals surface area (Å²) in [6.45, 7) is 8.33. The molecular weight excluding hydrogens is 338 g/mol. The zero-order chi connectivity index (χ0) is 19.1. The molecule has 0 radical (unpaired) electrons.